The summed E-state index contributed by atoms with van der Waals surface area (Å²) in [5.74, 6) is -5.54. The maximum absolute atomic E-state index is 15.1. The molecule has 0 saturated carbocycles. The SMILES string of the molecule is Nc1c(F)cc2nc3c(c4c2c1SCC4(F)F)Cn1c-3cc2c(c1=O)COC(=O)C2O. The van der Waals surface area contributed by atoms with Crippen LogP contribution in [0.1, 0.15) is 28.4 Å². The van der Waals surface area contributed by atoms with Crippen LogP contribution in [0, 0.1) is 5.82 Å². The highest BCUT2D eigenvalue weighted by atomic mass is 32.2. The van der Waals surface area contributed by atoms with Crippen LogP contribution in [0.5, 0.6) is 0 Å². The molecule has 3 N–H and O–H groups in total. The minimum atomic E-state index is -3.25. The number of cyclic esters (lactones) is 1. The van der Waals surface area contributed by atoms with Crippen molar-refractivity contribution in [3.05, 3.63) is 50.6 Å². The summed E-state index contributed by atoms with van der Waals surface area (Å²) in [6.45, 7) is -0.488. The van der Waals surface area contributed by atoms with Gasteiger partial charge in [-0.1, -0.05) is 0 Å². The highest BCUT2D eigenvalue weighted by Gasteiger charge is 2.44. The summed E-state index contributed by atoms with van der Waals surface area (Å²) in [5.41, 5.74) is 5.29. The number of nitrogens with zero attached hydrogens (tertiary/aromatic N) is 2. The Morgan fingerprint density at radius 1 is 1.29 bits per heavy atom. The van der Waals surface area contributed by atoms with Crippen molar-refractivity contribution in [2.75, 3.05) is 11.5 Å². The first-order valence-corrected chi connectivity index (χ1v) is 10.2. The number of hydrogen-bond donors (Lipinski definition) is 2. The molecule has 0 radical (unpaired) electrons. The number of carbonyl (C=O) groups excluding carboxylic acids is 1. The van der Waals surface area contributed by atoms with Gasteiger partial charge in [-0.2, -0.15) is 0 Å². The average molecular weight is 447 g/mol. The molecule has 1 aromatic carbocycles. The second kappa shape index (κ2) is 5.80. The van der Waals surface area contributed by atoms with Gasteiger partial charge in [0.25, 0.3) is 11.5 Å². The summed E-state index contributed by atoms with van der Waals surface area (Å²) in [6.07, 6.45) is -1.66. The number of ether oxygens (including phenoxy) is 1. The lowest BCUT2D eigenvalue weighted by Crippen LogP contribution is -2.32. The molecule has 2 aromatic heterocycles. The summed E-state index contributed by atoms with van der Waals surface area (Å²) < 4.78 is 50.7. The zero-order valence-corrected chi connectivity index (χ0v) is 16.4. The van der Waals surface area contributed by atoms with Crippen molar-refractivity contribution in [2.45, 2.75) is 30.1 Å². The molecule has 0 fully saturated rings. The Morgan fingerprint density at radius 2 is 2.06 bits per heavy atom. The fourth-order valence-corrected chi connectivity index (χ4v) is 5.60. The van der Waals surface area contributed by atoms with Crippen LogP contribution in [0.2, 0.25) is 0 Å². The number of nitrogens with two attached hydrogens (primary N) is 1. The first-order chi connectivity index (χ1) is 14.7. The minimum Gasteiger partial charge on any atom is -0.458 e. The Morgan fingerprint density at radius 3 is 2.84 bits per heavy atom. The van der Waals surface area contributed by atoms with Crippen LogP contribution in [0.3, 0.4) is 0 Å². The largest absolute Gasteiger partial charge is 0.458 e. The molecule has 1 unspecified atom stereocenters. The molecule has 31 heavy (non-hydrogen) atoms. The molecule has 0 aliphatic carbocycles. The number of benzene rings is 1. The molecule has 0 spiro atoms. The number of fused-ring (bicyclic) bond motifs is 5. The van der Waals surface area contributed by atoms with E-state index in [9.17, 15) is 19.1 Å². The number of pyridine rings is 2. The maximum atomic E-state index is 15.1. The third-order valence-electron chi connectivity index (χ3n) is 5.95. The fourth-order valence-electron chi connectivity index (χ4n) is 4.53. The molecule has 0 saturated heterocycles. The van der Waals surface area contributed by atoms with Gasteiger partial charge in [0.2, 0.25) is 0 Å². The van der Waals surface area contributed by atoms with Gasteiger partial charge in [0, 0.05) is 33.0 Å². The predicted molar refractivity (Wildman–Crippen MR) is 104 cm³/mol. The summed E-state index contributed by atoms with van der Waals surface area (Å²) in [6, 6.07) is 2.40. The van der Waals surface area contributed by atoms with Crippen LogP contribution in [0.25, 0.3) is 22.3 Å². The van der Waals surface area contributed by atoms with E-state index >= 15 is 8.78 Å². The third-order valence-corrected chi connectivity index (χ3v) is 7.17. The van der Waals surface area contributed by atoms with E-state index in [4.69, 9.17) is 10.5 Å². The number of carbonyl (C=O) groups is 1. The fraction of sp³-hybridized carbons (Fsp3) is 0.250. The number of rotatable bonds is 0. The van der Waals surface area contributed by atoms with Crippen molar-refractivity contribution in [1.29, 1.82) is 0 Å². The van der Waals surface area contributed by atoms with Crippen LogP contribution in [0.15, 0.2) is 21.8 Å². The van der Waals surface area contributed by atoms with Crippen molar-refractivity contribution < 1.29 is 27.8 Å². The number of aromatic nitrogens is 2. The molecule has 7 nitrogen and oxygen atoms in total. The Balaban J connectivity index is 1.72. The second-order valence-electron chi connectivity index (χ2n) is 7.67. The number of alkyl halides is 2. The van der Waals surface area contributed by atoms with E-state index in [1.165, 1.54) is 10.6 Å². The van der Waals surface area contributed by atoms with E-state index in [1.807, 2.05) is 0 Å². The predicted octanol–water partition coefficient (Wildman–Crippen LogP) is 2.43. The lowest BCUT2D eigenvalue weighted by Gasteiger charge is -2.27. The number of esters is 1. The van der Waals surface area contributed by atoms with Crippen LogP contribution < -0.4 is 11.3 Å². The Hall–Kier alpha value is -3.05. The Kier molecular flexibility index (Phi) is 3.50. The van der Waals surface area contributed by atoms with Gasteiger partial charge >= 0.3 is 5.97 Å². The quantitative estimate of drug-likeness (QED) is 0.315. The number of anilines is 1. The van der Waals surface area contributed by atoms with Crippen molar-refractivity contribution in [3.63, 3.8) is 0 Å². The first-order valence-electron chi connectivity index (χ1n) is 9.26. The van der Waals surface area contributed by atoms with Crippen LogP contribution in [-0.2, 0) is 28.6 Å². The summed E-state index contributed by atoms with van der Waals surface area (Å²) in [7, 11) is 0. The standard InChI is InChI=1S/C20H12F3N3O4S/c21-9-2-10-12-13(20(22,23)5-31-17(12)14(9)24)7-3-26-11(15(7)25-10)1-6-8(18(26)28)4-30-19(29)16(6)27/h1-2,16,27H,3-5,24H2. The van der Waals surface area contributed by atoms with E-state index in [2.05, 4.69) is 4.98 Å². The van der Waals surface area contributed by atoms with E-state index < -0.39 is 35.1 Å². The normalized spacial score (nSPS) is 20.3. The maximum Gasteiger partial charge on any atom is 0.340 e. The van der Waals surface area contributed by atoms with Gasteiger partial charge in [-0.25, -0.2) is 22.9 Å². The molecular weight excluding hydrogens is 435 g/mol. The van der Waals surface area contributed by atoms with Gasteiger partial charge in [-0.3, -0.25) is 4.79 Å². The first kappa shape index (κ1) is 18.7. The summed E-state index contributed by atoms with van der Waals surface area (Å²) in [4.78, 5) is 29.4. The molecular formula is C20H12F3N3O4S. The highest BCUT2D eigenvalue weighted by molar-refractivity contribution is 7.99. The molecule has 3 aromatic rings. The smallest absolute Gasteiger partial charge is 0.340 e. The van der Waals surface area contributed by atoms with E-state index in [0.29, 0.717) is 0 Å². The molecule has 11 heteroatoms. The molecule has 6 rings (SSSR count). The number of thioether (sulfide) groups is 1. The topological polar surface area (TPSA) is 107 Å². The van der Waals surface area contributed by atoms with Crippen LogP contribution >= 0.6 is 11.8 Å². The van der Waals surface area contributed by atoms with Gasteiger partial charge in [0.1, 0.15) is 12.4 Å². The molecule has 3 aliphatic rings. The minimum absolute atomic E-state index is 0.000836. The van der Waals surface area contributed by atoms with Gasteiger partial charge in [0.15, 0.2) is 6.10 Å². The number of aliphatic hydroxyl groups excluding tert-OH is 1. The van der Waals surface area contributed by atoms with Gasteiger partial charge in [0.05, 0.1) is 40.5 Å². The third kappa shape index (κ3) is 2.27. The number of halogens is 3. The molecule has 0 bridgehead atoms. The van der Waals surface area contributed by atoms with Crippen molar-refractivity contribution >= 4 is 34.3 Å². The molecule has 3 aliphatic heterocycles. The van der Waals surface area contributed by atoms with Crippen molar-refractivity contribution in [2.24, 2.45) is 0 Å². The monoisotopic (exact) mass is 447 g/mol. The van der Waals surface area contributed by atoms with Crippen LogP contribution in [-0.4, -0.2) is 26.4 Å². The molecule has 1 atom stereocenters. The van der Waals surface area contributed by atoms with Crippen molar-refractivity contribution in [1.82, 2.24) is 9.55 Å². The lowest BCUT2D eigenvalue weighted by atomic mass is 9.94. The van der Waals surface area contributed by atoms with E-state index in [-0.39, 0.29) is 68.3 Å². The summed E-state index contributed by atoms with van der Waals surface area (Å²) >= 11 is 0.772. The molecule has 158 valence electrons. The second-order valence-corrected chi connectivity index (χ2v) is 8.65. The average Bonchev–Trinajstić information content (AvgIpc) is 3.08. The van der Waals surface area contributed by atoms with E-state index in [1.54, 1.807) is 0 Å². The number of hydrogen-bond acceptors (Lipinski definition) is 7. The van der Waals surface area contributed by atoms with Crippen molar-refractivity contribution in [3.8, 4) is 11.4 Å². The zero-order valence-electron chi connectivity index (χ0n) is 15.5. The van der Waals surface area contributed by atoms with Gasteiger partial charge < -0.3 is 20.1 Å². The molecule has 5 heterocycles. The Bertz CT molecular complexity index is 1440. The lowest BCUT2D eigenvalue weighted by molar-refractivity contribution is -0.157. The van der Waals surface area contributed by atoms with E-state index in [0.717, 1.165) is 17.8 Å². The van der Waals surface area contributed by atoms with Gasteiger partial charge in [-0.05, 0) is 6.07 Å². The highest BCUT2D eigenvalue weighted by Crippen LogP contribution is 2.52. The van der Waals surface area contributed by atoms with Gasteiger partial charge in [-0.15, -0.1) is 11.8 Å². The zero-order chi connectivity index (χ0) is 21.8. The van der Waals surface area contributed by atoms with Crippen LogP contribution in [0.4, 0.5) is 18.9 Å². The summed E-state index contributed by atoms with van der Waals surface area (Å²) in [5, 5.41) is 10.3. The molecule has 0 amide bonds. The Labute approximate surface area is 175 Å². The number of nitrogen functional groups attached to an aromatic ring is 1. The number of aliphatic hydroxyl groups is 1.